The quantitative estimate of drug-likeness (QED) is 0.206. The number of piperazine rings is 2. The average Bonchev–Trinajstić information content (AvgIpc) is 3.04. The van der Waals surface area contributed by atoms with Crippen molar-refractivity contribution in [2.24, 2.45) is 0 Å². The van der Waals surface area contributed by atoms with Crippen molar-refractivity contribution in [1.82, 2.24) is 9.80 Å². The van der Waals surface area contributed by atoms with Crippen LogP contribution in [0.1, 0.15) is 41.5 Å². The summed E-state index contributed by atoms with van der Waals surface area (Å²) < 4.78 is 21.5. The third-order valence-corrected chi connectivity index (χ3v) is 8.07. The van der Waals surface area contributed by atoms with Crippen LogP contribution in [0.5, 0.6) is 11.5 Å². The van der Waals surface area contributed by atoms with Gasteiger partial charge in [0.15, 0.2) is 0 Å². The normalized spacial score (nSPS) is 15.4. The highest BCUT2D eigenvalue weighted by molar-refractivity contribution is 6.03. The molecular formula is C37H58N8O7. The molecule has 0 spiro atoms. The fraction of sp³-hybridized carbons (Fsp3) is 0.541. The zero-order chi connectivity index (χ0) is 38.8. The predicted molar refractivity (Wildman–Crippen MR) is 208 cm³/mol. The Bertz CT molecular complexity index is 1550. The summed E-state index contributed by atoms with van der Waals surface area (Å²) in [4.78, 5) is 45.1. The van der Waals surface area contributed by atoms with Gasteiger partial charge in [0.05, 0.1) is 48.3 Å². The second-order valence-corrected chi connectivity index (χ2v) is 14.7. The first kappa shape index (κ1) is 41.5. The molecule has 288 valence electrons. The molecule has 2 aliphatic rings. The zero-order valence-corrected chi connectivity index (χ0v) is 32.5. The number of nitrogens with two attached hydrogens (primary N) is 1. The maximum atomic E-state index is 12.2. The Kier molecular flexibility index (Phi) is 14.4. The molecule has 0 radical (unpaired) electrons. The molecule has 52 heavy (non-hydrogen) atoms. The topological polar surface area (TPSA) is 163 Å². The van der Waals surface area contributed by atoms with Crippen LogP contribution in [0.25, 0.3) is 0 Å². The average molecular weight is 727 g/mol. The molecule has 0 aromatic heterocycles. The van der Waals surface area contributed by atoms with E-state index in [0.29, 0.717) is 34.2 Å². The summed E-state index contributed by atoms with van der Waals surface area (Å²) in [6.07, 6.45) is 0.0746. The number of methoxy groups -OCH3 is 2. The number of hydrogen-bond donors (Lipinski definition) is 4. The number of rotatable bonds is 8. The lowest BCUT2D eigenvalue weighted by Gasteiger charge is -2.35. The van der Waals surface area contributed by atoms with E-state index in [1.165, 1.54) is 13.2 Å². The number of anilines is 6. The van der Waals surface area contributed by atoms with E-state index in [-0.39, 0.29) is 5.91 Å². The van der Waals surface area contributed by atoms with Gasteiger partial charge in [-0.15, -0.1) is 0 Å². The van der Waals surface area contributed by atoms with Gasteiger partial charge in [-0.25, -0.2) is 9.59 Å². The number of nitrogens with one attached hydrogen (secondary N) is 3. The fourth-order valence-electron chi connectivity index (χ4n) is 5.43. The monoisotopic (exact) mass is 726 g/mol. The molecule has 2 aromatic carbocycles. The van der Waals surface area contributed by atoms with Crippen molar-refractivity contribution in [3.05, 3.63) is 36.9 Å². The molecule has 0 atom stereocenters. The van der Waals surface area contributed by atoms with Crippen LogP contribution >= 0.6 is 0 Å². The maximum absolute atomic E-state index is 12.2. The summed E-state index contributed by atoms with van der Waals surface area (Å²) in [5.74, 6) is 0.712. The van der Waals surface area contributed by atoms with Crippen LogP contribution in [0.15, 0.2) is 36.9 Å². The molecule has 5 N–H and O–H groups in total. The molecule has 4 rings (SSSR count). The number of likely N-dealkylation sites (N-methyl/N-ethyl adjacent to an activating group) is 2. The van der Waals surface area contributed by atoms with Gasteiger partial charge in [-0.3, -0.25) is 15.4 Å². The van der Waals surface area contributed by atoms with Gasteiger partial charge >= 0.3 is 12.2 Å². The Morgan fingerprint density at radius 1 is 0.654 bits per heavy atom. The summed E-state index contributed by atoms with van der Waals surface area (Å²) >= 11 is 0. The number of amides is 3. The Morgan fingerprint density at radius 2 is 1.06 bits per heavy atom. The Hall–Kier alpha value is -4.89. The van der Waals surface area contributed by atoms with Crippen molar-refractivity contribution in [2.75, 3.05) is 112 Å². The van der Waals surface area contributed by atoms with Gasteiger partial charge in [-0.2, -0.15) is 0 Å². The lowest BCUT2D eigenvalue weighted by molar-refractivity contribution is -0.111. The molecule has 2 aliphatic heterocycles. The number of carbonyl (C=O) groups is 3. The van der Waals surface area contributed by atoms with E-state index in [4.69, 9.17) is 24.7 Å². The van der Waals surface area contributed by atoms with E-state index in [9.17, 15) is 14.4 Å². The minimum Gasteiger partial charge on any atom is -0.494 e. The molecule has 15 heteroatoms. The molecular weight excluding hydrogens is 668 g/mol. The van der Waals surface area contributed by atoms with Crippen LogP contribution in [0.2, 0.25) is 0 Å². The lowest BCUT2D eigenvalue weighted by Crippen LogP contribution is -2.44. The van der Waals surface area contributed by atoms with Crippen molar-refractivity contribution >= 4 is 52.2 Å². The predicted octanol–water partition coefficient (Wildman–Crippen LogP) is 5.29. The third-order valence-electron chi connectivity index (χ3n) is 8.07. The molecule has 0 aliphatic carbocycles. The molecule has 0 saturated carbocycles. The third kappa shape index (κ3) is 12.7. The number of hydrogen-bond acceptors (Lipinski definition) is 12. The summed E-state index contributed by atoms with van der Waals surface area (Å²) in [5, 5.41) is 8.22. The summed E-state index contributed by atoms with van der Waals surface area (Å²) in [6.45, 7) is 21.5. The van der Waals surface area contributed by atoms with E-state index in [1.807, 2.05) is 32.9 Å². The number of nitrogen functional groups attached to an aromatic ring is 1. The standard InChI is InChI=1S/C20H30N4O4.C17H28N4O3/c1-7-18(25)21-14-12-15(22-19(26)28-20(2,3)4)17(27-6)13-16(14)24-10-8-23(5)9-11-24;1-17(2,3)24-16(22)19-13-10-12(18)14(11-15(13)23-5)21-8-6-20(4)7-9-21/h7,12-13H,1,8-11H2,2-6H3,(H,21,25)(H,22,26);10-11H,6-9,18H2,1-5H3,(H,19,22). The second kappa shape index (κ2) is 18.0. The van der Waals surface area contributed by atoms with Gasteiger partial charge in [0.2, 0.25) is 5.91 Å². The van der Waals surface area contributed by atoms with Crippen molar-refractivity contribution in [3.8, 4) is 11.5 Å². The molecule has 0 unspecified atom stereocenters. The number of ether oxygens (including phenoxy) is 4. The smallest absolute Gasteiger partial charge is 0.412 e. The molecule has 2 saturated heterocycles. The molecule has 3 amide bonds. The van der Waals surface area contributed by atoms with Crippen molar-refractivity contribution in [1.29, 1.82) is 0 Å². The van der Waals surface area contributed by atoms with E-state index >= 15 is 0 Å². The largest absolute Gasteiger partial charge is 0.494 e. The number of carbonyl (C=O) groups excluding carboxylic acids is 3. The first-order valence-electron chi connectivity index (χ1n) is 17.3. The SMILES string of the molecule is C=CC(=O)Nc1cc(NC(=O)OC(C)(C)C)c(OC)cc1N1CCN(C)CC1.COc1cc(N2CCN(C)CC2)c(N)cc1NC(=O)OC(C)(C)C. The van der Waals surface area contributed by atoms with Gasteiger partial charge < -0.3 is 49.6 Å². The minimum atomic E-state index is -0.628. The van der Waals surface area contributed by atoms with Crippen molar-refractivity contribution < 1.29 is 33.3 Å². The second-order valence-electron chi connectivity index (χ2n) is 14.7. The van der Waals surface area contributed by atoms with Gasteiger partial charge in [0, 0.05) is 64.5 Å². The molecule has 0 bridgehead atoms. The van der Waals surface area contributed by atoms with Crippen LogP contribution in [-0.2, 0) is 14.3 Å². The molecule has 15 nitrogen and oxygen atoms in total. The summed E-state index contributed by atoms with van der Waals surface area (Å²) in [6, 6.07) is 7.08. The van der Waals surface area contributed by atoms with Crippen LogP contribution in [-0.4, -0.2) is 120 Å². The highest BCUT2D eigenvalue weighted by Crippen LogP contribution is 2.38. The van der Waals surface area contributed by atoms with Crippen LogP contribution in [0.3, 0.4) is 0 Å². The Morgan fingerprint density at radius 3 is 1.46 bits per heavy atom. The van der Waals surface area contributed by atoms with Crippen molar-refractivity contribution in [3.63, 3.8) is 0 Å². The first-order valence-corrected chi connectivity index (χ1v) is 17.3. The van der Waals surface area contributed by atoms with E-state index in [0.717, 1.165) is 63.7 Å². The highest BCUT2D eigenvalue weighted by atomic mass is 16.6. The maximum Gasteiger partial charge on any atom is 0.412 e. The van der Waals surface area contributed by atoms with Crippen LogP contribution < -0.4 is 41.0 Å². The van der Waals surface area contributed by atoms with E-state index < -0.39 is 23.4 Å². The van der Waals surface area contributed by atoms with Gasteiger partial charge in [0.25, 0.3) is 0 Å². The molecule has 2 fully saturated rings. The van der Waals surface area contributed by atoms with Crippen LogP contribution in [0.4, 0.5) is 43.7 Å². The fourth-order valence-corrected chi connectivity index (χ4v) is 5.43. The van der Waals surface area contributed by atoms with Gasteiger partial charge in [-0.05, 0) is 73.8 Å². The number of benzene rings is 2. The van der Waals surface area contributed by atoms with E-state index in [2.05, 4.69) is 56.2 Å². The Labute approximate surface area is 308 Å². The highest BCUT2D eigenvalue weighted by Gasteiger charge is 2.24. The Balaban J connectivity index is 0.000000284. The molecule has 2 aromatic rings. The van der Waals surface area contributed by atoms with Gasteiger partial charge in [-0.1, -0.05) is 6.58 Å². The first-order chi connectivity index (χ1) is 24.3. The minimum absolute atomic E-state index is 0.330. The van der Waals surface area contributed by atoms with Crippen molar-refractivity contribution in [2.45, 2.75) is 52.7 Å². The lowest BCUT2D eigenvalue weighted by atomic mass is 10.1. The number of nitrogens with zero attached hydrogens (tertiary/aromatic N) is 4. The zero-order valence-electron chi connectivity index (χ0n) is 32.5. The molecule has 2 heterocycles. The van der Waals surface area contributed by atoms with E-state index in [1.54, 1.807) is 40.0 Å². The van der Waals surface area contributed by atoms with Crippen LogP contribution in [0, 0.1) is 0 Å². The summed E-state index contributed by atoms with van der Waals surface area (Å²) in [7, 11) is 7.28. The summed E-state index contributed by atoms with van der Waals surface area (Å²) in [5.41, 5.74) is 8.86. The van der Waals surface area contributed by atoms with Gasteiger partial charge in [0.1, 0.15) is 22.7 Å².